The molecule has 0 radical (unpaired) electrons. The smallest absolute Gasteiger partial charge is 0.384 e. The van der Waals surface area contributed by atoms with Crippen LogP contribution < -0.4 is 4.74 Å². The van der Waals surface area contributed by atoms with Gasteiger partial charge in [0.15, 0.2) is 0 Å². The summed E-state index contributed by atoms with van der Waals surface area (Å²) in [6.07, 6.45) is 0.670. The zero-order valence-electron chi connectivity index (χ0n) is 21.3. The first-order valence-corrected chi connectivity index (χ1v) is 12.7. The van der Waals surface area contributed by atoms with Crippen LogP contribution in [-0.2, 0) is 19.1 Å². The third kappa shape index (κ3) is 4.28. The molecule has 0 bridgehead atoms. The van der Waals surface area contributed by atoms with E-state index in [-0.39, 0.29) is 23.7 Å². The number of para-hydroxylation sites is 1. The van der Waals surface area contributed by atoms with E-state index in [9.17, 15) is 19.8 Å². The van der Waals surface area contributed by atoms with Gasteiger partial charge in [-0.25, -0.2) is 4.79 Å². The second kappa shape index (κ2) is 9.51. The fourth-order valence-electron chi connectivity index (χ4n) is 6.99. The minimum atomic E-state index is -1.53. The van der Waals surface area contributed by atoms with Crippen LogP contribution >= 0.6 is 0 Å². The van der Waals surface area contributed by atoms with Crippen molar-refractivity contribution >= 4 is 11.9 Å². The Labute approximate surface area is 216 Å². The molecular weight excluding hydrogens is 472 g/mol. The first kappa shape index (κ1) is 25.3. The highest BCUT2D eigenvalue weighted by Gasteiger charge is 2.66. The molecule has 2 fully saturated rings. The van der Waals surface area contributed by atoms with Gasteiger partial charge in [0.05, 0.1) is 13.2 Å². The summed E-state index contributed by atoms with van der Waals surface area (Å²) >= 11 is 0. The first-order chi connectivity index (χ1) is 17.7. The van der Waals surface area contributed by atoms with E-state index in [2.05, 4.69) is 16.6 Å². The Morgan fingerprint density at radius 2 is 1.81 bits per heavy atom. The van der Waals surface area contributed by atoms with Gasteiger partial charge in [-0.15, -0.1) is 0 Å². The number of hydrogen-bond acceptors (Lipinski definition) is 7. The highest BCUT2D eigenvalue weighted by atomic mass is 16.5. The molecule has 37 heavy (non-hydrogen) atoms. The molecule has 5 rings (SSSR count). The van der Waals surface area contributed by atoms with Gasteiger partial charge in [-0.2, -0.15) is 0 Å². The van der Waals surface area contributed by atoms with Crippen LogP contribution in [0.1, 0.15) is 62.7 Å². The molecule has 194 valence electrons. The lowest BCUT2D eigenvalue weighted by Gasteiger charge is -2.55. The van der Waals surface area contributed by atoms with Crippen molar-refractivity contribution in [3.05, 3.63) is 59.7 Å². The zero-order chi connectivity index (χ0) is 26.4. The van der Waals surface area contributed by atoms with E-state index < -0.39 is 29.2 Å². The molecule has 2 aromatic carbocycles. The summed E-state index contributed by atoms with van der Waals surface area (Å²) in [7, 11) is 1.24. The van der Waals surface area contributed by atoms with E-state index in [0.29, 0.717) is 37.2 Å². The molecule has 0 saturated heterocycles. The summed E-state index contributed by atoms with van der Waals surface area (Å²) in [6, 6.07) is 15.3. The largest absolute Gasteiger partial charge is 0.459 e. The highest BCUT2D eigenvalue weighted by Crippen LogP contribution is 2.65. The molecule has 0 spiro atoms. The predicted octanol–water partition coefficient (Wildman–Crippen LogP) is 4.28. The number of aliphatic hydroxyl groups excluding tert-OH is 1. The van der Waals surface area contributed by atoms with Gasteiger partial charge in [-0.1, -0.05) is 37.1 Å². The number of rotatable bonds is 3. The van der Waals surface area contributed by atoms with Crippen LogP contribution in [0.4, 0.5) is 0 Å². The number of fused-ring (bicyclic) bond motifs is 5. The molecule has 0 aliphatic heterocycles. The Hall–Kier alpha value is -3.34. The van der Waals surface area contributed by atoms with Gasteiger partial charge in [0.2, 0.25) is 0 Å². The van der Waals surface area contributed by atoms with Crippen LogP contribution in [0, 0.1) is 29.1 Å². The van der Waals surface area contributed by atoms with Crippen LogP contribution in [0.25, 0.3) is 0 Å². The fourth-order valence-corrected chi connectivity index (χ4v) is 6.99. The molecular formula is C30H32O7. The van der Waals surface area contributed by atoms with Gasteiger partial charge in [-0.05, 0) is 78.8 Å². The van der Waals surface area contributed by atoms with Gasteiger partial charge in [0.1, 0.15) is 23.2 Å². The maximum atomic E-state index is 12.1. The number of benzene rings is 2. The van der Waals surface area contributed by atoms with Gasteiger partial charge in [0, 0.05) is 18.3 Å². The number of aliphatic hydroxyl groups is 2. The molecule has 2 aromatic rings. The maximum absolute atomic E-state index is 12.1. The van der Waals surface area contributed by atoms with Crippen LogP contribution in [0.2, 0.25) is 0 Å². The second-order valence-corrected chi connectivity index (χ2v) is 10.6. The van der Waals surface area contributed by atoms with Gasteiger partial charge < -0.3 is 24.4 Å². The molecule has 0 aromatic heterocycles. The minimum Gasteiger partial charge on any atom is -0.459 e. The number of ether oxygens (including phenoxy) is 3. The molecule has 0 unspecified atom stereocenters. The first-order valence-electron chi connectivity index (χ1n) is 12.7. The van der Waals surface area contributed by atoms with E-state index in [1.54, 1.807) is 0 Å². The monoisotopic (exact) mass is 504 g/mol. The van der Waals surface area contributed by atoms with E-state index in [1.165, 1.54) is 14.0 Å². The lowest BCUT2D eigenvalue weighted by atomic mass is 9.52. The van der Waals surface area contributed by atoms with E-state index in [0.717, 1.165) is 11.1 Å². The highest BCUT2D eigenvalue weighted by molar-refractivity contribution is 5.88. The van der Waals surface area contributed by atoms with Crippen LogP contribution in [0.5, 0.6) is 11.5 Å². The third-order valence-electron chi connectivity index (χ3n) is 8.82. The molecule has 3 aliphatic rings. The summed E-state index contributed by atoms with van der Waals surface area (Å²) < 4.78 is 16.5. The number of methoxy groups -OCH3 is 1. The van der Waals surface area contributed by atoms with Crippen molar-refractivity contribution in [3.63, 3.8) is 0 Å². The SMILES string of the molecule is COC(=O)C#C[C@]1(O)CC[C@H]2[C@@H]3C[C@@H](OC(C)=O)c4cc(Oc5ccccc5)ccc4[C@H]3C[C@@H](O)[C@@]21C. The number of esters is 2. The summed E-state index contributed by atoms with van der Waals surface area (Å²) in [5.74, 6) is 5.39. The van der Waals surface area contributed by atoms with Crippen molar-refractivity contribution in [2.45, 2.75) is 63.3 Å². The molecule has 3 aliphatic carbocycles. The normalized spacial score (nSPS) is 33.6. The van der Waals surface area contributed by atoms with E-state index in [4.69, 9.17) is 9.47 Å². The molecule has 0 amide bonds. The Morgan fingerprint density at radius 3 is 2.51 bits per heavy atom. The van der Waals surface area contributed by atoms with Crippen LogP contribution in [-0.4, -0.2) is 41.0 Å². The Kier molecular flexibility index (Phi) is 6.51. The van der Waals surface area contributed by atoms with Crippen LogP contribution in [0.3, 0.4) is 0 Å². The summed E-state index contributed by atoms with van der Waals surface area (Å²) in [4.78, 5) is 23.8. The van der Waals surface area contributed by atoms with Crippen molar-refractivity contribution < 1.29 is 34.0 Å². The predicted molar refractivity (Wildman–Crippen MR) is 135 cm³/mol. The lowest BCUT2D eigenvalue weighted by Crippen LogP contribution is -2.58. The van der Waals surface area contributed by atoms with Crippen molar-refractivity contribution in [2.75, 3.05) is 7.11 Å². The Bertz CT molecular complexity index is 1260. The topological polar surface area (TPSA) is 102 Å². The molecule has 2 saturated carbocycles. The average Bonchev–Trinajstić information content (AvgIpc) is 3.16. The second-order valence-electron chi connectivity index (χ2n) is 10.6. The quantitative estimate of drug-likeness (QED) is 0.366. The molecule has 7 atom stereocenters. The minimum absolute atomic E-state index is 0.0246. The molecule has 0 heterocycles. The molecule has 2 N–H and O–H groups in total. The zero-order valence-corrected chi connectivity index (χ0v) is 21.3. The van der Waals surface area contributed by atoms with E-state index in [1.807, 2.05) is 55.5 Å². The third-order valence-corrected chi connectivity index (χ3v) is 8.82. The molecule has 7 nitrogen and oxygen atoms in total. The maximum Gasteiger partial charge on any atom is 0.384 e. The summed E-state index contributed by atoms with van der Waals surface area (Å²) in [5, 5.41) is 23.1. The number of carbonyl (C=O) groups is 2. The van der Waals surface area contributed by atoms with Crippen molar-refractivity contribution in [2.24, 2.45) is 17.3 Å². The van der Waals surface area contributed by atoms with Crippen molar-refractivity contribution in [1.82, 2.24) is 0 Å². The van der Waals surface area contributed by atoms with Gasteiger partial charge in [0.25, 0.3) is 0 Å². The van der Waals surface area contributed by atoms with Crippen molar-refractivity contribution in [1.29, 1.82) is 0 Å². The van der Waals surface area contributed by atoms with Crippen molar-refractivity contribution in [3.8, 4) is 23.3 Å². The summed E-state index contributed by atoms with van der Waals surface area (Å²) in [6.45, 7) is 3.27. The standard InChI is InChI=1S/C30H32O7/c1-18(31)36-26-16-23-22(21-10-9-20(15-24(21)26)37-19-7-5-4-6-8-19)17-27(32)29(2)25(23)11-13-30(29,34)14-12-28(33)35-3/h4-10,15,22-23,25-27,32,34H,11,13,16-17H2,1-3H3/t22-,23-,25+,26-,27-,29-,30-/m1/s1. The Morgan fingerprint density at radius 1 is 1.05 bits per heavy atom. The summed E-state index contributed by atoms with van der Waals surface area (Å²) in [5.41, 5.74) is -0.551. The average molecular weight is 505 g/mol. The lowest BCUT2D eigenvalue weighted by molar-refractivity contribution is -0.159. The number of hydrogen-bond donors (Lipinski definition) is 2. The molecule has 7 heteroatoms. The van der Waals surface area contributed by atoms with Crippen LogP contribution in [0.15, 0.2) is 48.5 Å². The Balaban J connectivity index is 1.51. The van der Waals surface area contributed by atoms with Gasteiger partial charge >= 0.3 is 11.9 Å². The fraction of sp³-hybridized carbons (Fsp3) is 0.467. The van der Waals surface area contributed by atoms with E-state index >= 15 is 0 Å². The number of carbonyl (C=O) groups excluding carboxylic acids is 2. The van der Waals surface area contributed by atoms with Gasteiger partial charge in [-0.3, -0.25) is 4.79 Å².